The van der Waals surface area contributed by atoms with E-state index in [1.54, 1.807) is 11.8 Å². The van der Waals surface area contributed by atoms with Crippen molar-refractivity contribution in [3.8, 4) is 0 Å². The maximum absolute atomic E-state index is 5.34. The fourth-order valence-electron chi connectivity index (χ4n) is 1.98. The summed E-state index contributed by atoms with van der Waals surface area (Å²) in [5.74, 6) is 0. The molecule has 0 bridgehead atoms. The molecular formula is C13H15N3OS. The normalized spacial score (nSPS) is 24.9. The van der Waals surface area contributed by atoms with E-state index >= 15 is 0 Å². The van der Waals surface area contributed by atoms with Crippen molar-refractivity contribution in [3.63, 3.8) is 0 Å². The molecule has 1 unspecified atom stereocenters. The average Bonchev–Trinajstić information content (AvgIpc) is 2.49. The van der Waals surface area contributed by atoms with Gasteiger partial charge in [0.15, 0.2) is 5.50 Å². The summed E-state index contributed by atoms with van der Waals surface area (Å²) in [7, 11) is 0. The lowest BCUT2D eigenvalue weighted by Crippen LogP contribution is -2.41. The molecule has 1 atom stereocenters. The summed E-state index contributed by atoms with van der Waals surface area (Å²) in [4.78, 5) is 2.30. The molecule has 3 rings (SSSR count). The van der Waals surface area contributed by atoms with E-state index in [2.05, 4.69) is 32.7 Å². The van der Waals surface area contributed by atoms with Gasteiger partial charge in [-0.3, -0.25) is 4.90 Å². The van der Waals surface area contributed by atoms with Crippen LogP contribution >= 0.6 is 11.8 Å². The molecule has 2 aliphatic heterocycles. The number of benzene rings is 1. The Morgan fingerprint density at radius 1 is 1.17 bits per heavy atom. The summed E-state index contributed by atoms with van der Waals surface area (Å²) in [5, 5.41) is 10.8. The van der Waals surface area contributed by atoms with E-state index in [1.165, 1.54) is 0 Å². The molecule has 0 amide bonds. The Kier molecular flexibility index (Phi) is 3.73. The maximum Gasteiger partial charge on any atom is 0.174 e. The van der Waals surface area contributed by atoms with Gasteiger partial charge in [-0.1, -0.05) is 42.1 Å². The minimum atomic E-state index is 0.112. The molecule has 94 valence electrons. The smallest absolute Gasteiger partial charge is 0.174 e. The van der Waals surface area contributed by atoms with Crippen molar-refractivity contribution in [1.29, 1.82) is 0 Å². The van der Waals surface area contributed by atoms with Gasteiger partial charge in [0.1, 0.15) is 0 Å². The topological polar surface area (TPSA) is 37.2 Å². The molecule has 0 aliphatic carbocycles. The Hall–Kier alpha value is -1.17. The lowest BCUT2D eigenvalue weighted by atomic mass is 10.2. The van der Waals surface area contributed by atoms with Crippen LogP contribution in [0.1, 0.15) is 5.56 Å². The predicted molar refractivity (Wildman–Crippen MR) is 73.0 cm³/mol. The lowest BCUT2D eigenvalue weighted by molar-refractivity contribution is 0.0330. The van der Waals surface area contributed by atoms with Crippen molar-refractivity contribution < 1.29 is 4.74 Å². The summed E-state index contributed by atoms with van der Waals surface area (Å²) < 4.78 is 5.34. The molecule has 5 heteroatoms. The number of hydrogen-bond acceptors (Lipinski definition) is 5. The molecule has 4 nitrogen and oxygen atoms in total. The minimum absolute atomic E-state index is 0.112. The van der Waals surface area contributed by atoms with Gasteiger partial charge in [0.2, 0.25) is 0 Å². The van der Waals surface area contributed by atoms with Gasteiger partial charge in [-0.25, -0.2) is 0 Å². The van der Waals surface area contributed by atoms with E-state index in [-0.39, 0.29) is 5.50 Å². The second-order valence-corrected chi connectivity index (χ2v) is 5.12. The van der Waals surface area contributed by atoms with Crippen molar-refractivity contribution in [2.24, 2.45) is 10.2 Å². The molecule has 0 saturated carbocycles. The van der Waals surface area contributed by atoms with Crippen LogP contribution in [0.3, 0.4) is 0 Å². The van der Waals surface area contributed by atoms with E-state index < -0.39 is 0 Å². The van der Waals surface area contributed by atoms with E-state index in [1.807, 2.05) is 18.2 Å². The van der Waals surface area contributed by atoms with Gasteiger partial charge in [-0.15, -0.1) is 0 Å². The quantitative estimate of drug-likeness (QED) is 0.821. The van der Waals surface area contributed by atoms with Crippen LogP contribution in [-0.4, -0.2) is 36.7 Å². The molecule has 0 spiro atoms. The highest BCUT2D eigenvalue weighted by Crippen LogP contribution is 2.30. The summed E-state index contributed by atoms with van der Waals surface area (Å²) in [6.45, 7) is 3.46. The van der Waals surface area contributed by atoms with Crippen LogP contribution < -0.4 is 0 Å². The van der Waals surface area contributed by atoms with Gasteiger partial charge in [-0.2, -0.15) is 10.2 Å². The van der Waals surface area contributed by atoms with E-state index in [0.717, 1.165) is 37.6 Å². The Labute approximate surface area is 111 Å². The average molecular weight is 261 g/mol. The summed E-state index contributed by atoms with van der Waals surface area (Å²) in [6, 6.07) is 10.2. The fraction of sp³-hybridized carbons (Fsp3) is 0.385. The molecule has 2 aliphatic rings. The van der Waals surface area contributed by atoms with Crippen molar-refractivity contribution in [1.82, 2.24) is 4.90 Å². The number of nitrogens with zero attached hydrogens (tertiary/aromatic N) is 3. The largest absolute Gasteiger partial charge is 0.379 e. The Balaban J connectivity index is 1.67. The Bertz CT molecular complexity index is 455. The van der Waals surface area contributed by atoms with Gasteiger partial charge in [0.05, 0.1) is 18.9 Å². The first-order chi connectivity index (χ1) is 8.93. The molecule has 1 aromatic carbocycles. The molecule has 0 radical (unpaired) electrons. The Morgan fingerprint density at radius 3 is 2.61 bits per heavy atom. The summed E-state index contributed by atoms with van der Waals surface area (Å²) in [6.07, 6.45) is 0. The molecule has 0 aromatic heterocycles. The third-order valence-corrected chi connectivity index (χ3v) is 3.99. The van der Waals surface area contributed by atoms with Crippen LogP contribution in [0, 0.1) is 0 Å². The highest BCUT2D eigenvalue weighted by atomic mass is 32.2. The number of ether oxygens (including phenoxy) is 1. The monoisotopic (exact) mass is 261 g/mol. The number of morpholine rings is 1. The number of rotatable bonds is 2. The standard InChI is InChI=1S/C13H15N3OS/c1-2-4-11(5-3-1)12-10-18-13(15-14-12)16-6-8-17-9-7-16/h1-5,10,13H,6-9H2. The van der Waals surface area contributed by atoms with Crippen LogP contribution in [0.25, 0.3) is 5.70 Å². The third kappa shape index (κ3) is 2.63. The van der Waals surface area contributed by atoms with Gasteiger partial charge in [0.25, 0.3) is 0 Å². The number of thioether (sulfide) groups is 1. The van der Waals surface area contributed by atoms with E-state index in [0.29, 0.717) is 0 Å². The SMILES string of the molecule is C1=C(c2ccccc2)N=NC(N2CCOCC2)S1. The number of hydrogen-bond donors (Lipinski definition) is 0. The minimum Gasteiger partial charge on any atom is -0.379 e. The third-order valence-electron chi connectivity index (χ3n) is 2.99. The van der Waals surface area contributed by atoms with Crippen LogP contribution in [0.15, 0.2) is 46.0 Å². The summed E-state index contributed by atoms with van der Waals surface area (Å²) >= 11 is 1.72. The second-order valence-electron chi connectivity index (χ2n) is 4.20. The highest BCUT2D eigenvalue weighted by Gasteiger charge is 2.22. The van der Waals surface area contributed by atoms with E-state index in [9.17, 15) is 0 Å². The molecule has 18 heavy (non-hydrogen) atoms. The fourth-order valence-corrected chi connectivity index (χ4v) is 2.90. The van der Waals surface area contributed by atoms with Crippen molar-refractivity contribution in [3.05, 3.63) is 41.3 Å². The number of azo groups is 1. The zero-order valence-corrected chi connectivity index (χ0v) is 10.8. The first-order valence-electron chi connectivity index (χ1n) is 6.07. The van der Waals surface area contributed by atoms with Crippen LogP contribution in [0.2, 0.25) is 0 Å². The van der Waals surface area contributed by atoms with E-state index in [4.69, 9.17) is 4.74 Å². The molecule has 0 N–H and O–H groups in total. The van der Waals surface area contributed by atoms with Gasteiger partial charge in [-0.05, 0) is 0 Å². The first-order valence-corrected chi connectivity index (χ1v) is 7.01. The maximum atomic E-state index is 5.34. The predicted octanol–water partition coefficient (Wildman–Crippen LogP) is 2.80. The van der Waals surface area contributed by atoms with Crippen LogP contribution in [0.4, 0.5) is 0 Å². The van der Waals surface area contributed by atoms with Crippen molar-refractivity contribution in [2.45, 2.75) is 5.50 Å². The molecule has 2 heterocycles. The summed E-state index contributed by atoms with van der Waals surface area (Å²) in [5.41, 5.74) is 2.18. The van der Waals surface area contributed by atoms with Crippen molar-refractivity contribution in [2.75, 3.05) is 26.3 Å². The zero-order chi connectivity index (χ0) is 12.2. The second kappa shape index (κ2) is 5.65. The lowest BCUT2D eigenvalue weighted by Gasteiger charge is -2.31. The molecular weight excluding hydrogens is 246 g/mol. The Morgan fingerprint density at radius 2 is 1.94 bits per heavy atom. The molecule has 1 saturated heterocycles. The molecule has 1 fully saturated rings. The first kappa shape index (κ1) is 11.9. The van der Waals surface area contributed by atoms with Gasteiger partial charge >= 0.3 is 0 Å². The zero-order valence-electron chi connectivity index (χ0n) is 10.0. The van der Waals surface area contributed by atoms with Gasteiger partial charge in [0, 0.05) is 24.1 Å². The highest BCUT2D eigenvalue weighted by molar-refractivity contribution is 8.02. The molecule has 1 aromatic rings. The van der Waals surface area contributed by atoms with Crippen LogP contribution in [-0.2, 0) is 4.74 Å². The van der Waals surface area contributed by atoms with Gasteiger partial charge < -0.3 is 4.74 Å². The van der Waals surface area contributed by atoms with Crippen LogP contribution in [0.5, 0.6) is 0 Å². The van der Waals surface area contributed by atoms with Crippen molar-refractivity contribution >= 4 is 17.5 Å².